The van der Waals surface area contributed by atoms with Crippen molar-refractivity contribution < 1.29 is 14.8 Å². The second-order valence-corrected chi connectivity index (χ2v) is 6.71. The van der Waals surface area contributed by atoms with E-state index in [4.69, 9.17) is 5.73 Å². The molecule has 0 bridgehead atoms. The molecule has 4 N–H and O–H groups in total. The van der Waals surface area contributed by atoms with E-state index in [0.29, 0.717) is 18.9 Å². The van der Waals surface area contributed by atoms with E-state index >= 15 is 0 Å². The third-order valence-corrected chi connectivity index (χ3v) is 4.92. The maximum Gasteiger partial charge on any atom is 0.381 e. The van der Waals surface area contributed by atoms with E-state index in [9.17, 15) is 20.0 Å². The van der Waals surface area contributed by atoms with E-state index in [0.717, 1.165) is 36.4 Å². The number of nitrogens with zero attached hydrogens (tertiary/aromatic N) is 3. The first-order valence-electron chi connectivity index (χ1n) is 8.77. The van der Waals surface area contributed by atoms with Crippen molar-refractivity contribution in [2.45, 2.75) is 64.1 Å². The molecule has 0 aliphatic heterocycles. The minimum absolute atomic E-state index is 0. The number of likely N-dealkylation sites (N-methyl/N-ethyl adjacent to an activating group) is 1. The molecule has 11 heteroatoms. The maximum absolute atomic E-state index is 12.6. The fourth-order valence-corrected chi connectivity index (χ4v) is 3.58. The number of nitrogens with one attached hydrogen (secondary N) is 1. The minimum Gasteiger partial charge on any atom is -0.361 e. The van der Waals surface area contributed by atoms with Gasteiger partial charge in [-0.05, 0) is 29.2 Å². The van der Waals surface area contributed by atoms with Crippen molar-refractivity contribution in [3.05, 3.63) is 22.1 Å². The van der Waals surface area contributed by atoms with Gasteiger partial charge in [-0.3, -0.25) is 9.36 Å². The summed E-state index contributed by atoms with van der Waals surface area (Å²) in [4.78, 5) is 26.8. The van der Waals surface area contributed by atoms with Crippen molar-refractivity contribution in [1.82, 2.24) is 14.9 Å². The van der Waals surface area contributed by atoms with Gasteiger partial charge in [-0.1, -0.05) is 32.1 Å². The lowest BCUT2D eigenvalue weighted by Crippen LogP contribution is -2.60. The Hall–Kier alpha value is -1.42. The van der Waals surface area contributed by atoms with E-state index < -0.39 is 28.4 Å². The molecule has 0 aromatic carbocycles. The zero-order valence-corrected chi connectivity index (χ0v) is 17.2. The highest BCUT2D eigenvalue weighted by Gasteiger charge is 2.47. The first-order chi connectivity index (χ1) is 11.8. The van der Waals surface area contributed by atoms with E-state index in [1.54, 1.807) is 6.92 Å². The first-order valence-corrected chi connectivity index (χ1v) is 8.77. The molecule has 1 aromatic rings. The fourth-order valence-electron chi connectivity index (χ4n) is 3.58. The van der Waals surface area contributed by atoms with Crippen LogP contribution in [0.3, 0.4) is 0 Å². The Labute approximate surface area is 171 Å². The highest BCUT2D eigenvalue weighted by Crippen LogP contribution is 2.32. The molecular formula is C16H29Cl2N5O4. The quantitative estimate of drug-likeness (QED) is 0.451. The van der Waals surface area contributed by atoms with Crippen LogP contribution in [0.5, 0.6) is 0 Å². The molecule has 156 valence electrons. The van der Waals surface area contributed by atoms with Crippen molar-refractivity contribution in [2.75, 3.05) is 6.54 Å². The van der Waals surface area contributed by atoms with E-state index in [2.05, 4.69) is 10.3 Å². The molecule has 1 aliphatic carbocycles. The van der Waals surface area contributed by atoms with Gasteiger partial charge in [0.25, 0.3) is 5.91 Å². The highest BCUT2D eigenvalue weighted by molar-refractivity contribution is 5.85. The van der Waals surface area contributed by atoms with Crippen LogP contribution >= 0.6 is 24.8 Å². The van der Waals surface area contributed by atoms with Crippen LogP contribution < -0.4 is 11.1 Å². The summed E-state index contributed by atoms with van der Waals surface area (Å²) in [6.07, 6.45) is 7.01. The van der Waals surface area contributed by atoms with Crippen LogP contribution in [-0.4, -0.2) is 38.1 Å². The number of carbonyl (C=O) groups excluding carboxylic acids is 1. The van der Waals surface area contributed by atoms with Crippen LogP contribution in [0.4, 0.5) is 5.82 Å². The number of rotatable bonds is 7. The molecule has 1 aliphatic rings. The first kappa shape index (κ1) is 25.6. The molecule has 0 saturated heterocycles. The monoisotopic (exact) mass is 425 g/mol. The second kappa shape index (κ2) is 10.8. The molecule has 2 unspecified atom stereocenters. The molecule has 1 heterocycles. The van der Waals surface area contributed by atoms with Gasteiger partial charge in [0.2, 0.25) is 11.5 Å². The van der Waals surface area contributed by atoms with Crippen LogP contribution in [0.2, 0.25) is 0 Å². The van der Waals surface area contributed by atoms with Gasteiger partial charge in [-0.25, -0.2) is 0 Å². The summed E-state index contributed by atoms with van der Waals surface area (Å²) in [5.41, 5.74) is 4.16. The molecule has 9 nitrogen and oxygen atoms in total. The van der Waals surface area contributed by atoms with E-state index in [1.165, 1.54) is 13.3 Å². The number of aromatic nitrogens is 2. The van der Waals surface area contributed by atoms with Crippen LogP contribution in [0.25, 0.3) is 0 Å². The number of nitro groups is 1. The highest BCUT2D eigenvalue weighted by atomic mass is 35.5. The number of carbonyl (C=O) groups is 1. The summed E-state index contributed by atoms with van der Waals surface area (Å²) >= 11 is 0. The molecule has 1 fully saturated rings. The molecule has 1 aromatic heterocycles. The number of nitrogens with two attached hydrogens (primary N) is 1. The topological polar surface area (TPSA) is 136 Å². The van der Waals surface area contributed by atoms with Crippen LogP contribution in [-0.2, 0) is 10.5 Å². The van der Waals surface area contributed by atoms with E-state index in [1.807, 2.05) is 0 Å². The fraction of sp³-hybridized carbons (Fsp3) is 0.750. The van der Waals surface area contributed by atoms with Crippen LogP contribution in [0.1, 0.15) is 51.3 Å². The van der Waals surface area contributed by atoms with Crippen molar-refractivity contribution in [3.8, 4) is 0 Å². The third-order valence-electron chi connectivity index (χ3n) is 4.92. The lowest BCUT2D eigenvalue weighted by molar-refractivity contribution is -0.389. The number of halogens is 2. The van der Waals surface area contributed by atoms with Gasteiger partial charge in [-0.15, -0.1) is 24.8 Å². The summed E-state index contributed by atoms with van der Waals surface area (Å²) in [5.74, 6) is -0.596. The molecule has 2 atom stereocenters. The molecule has 0 spiro atoms. The summed E-state index contributed by atoms with van der Waals surface area (Å²) < 4.78 is 1.13. The lowest BCUT2D eigenvalue weighted by atomic mass is 9.82. The largest absolute Gasteiger partial charge is 0.381 e. The zero-order valence-electron chi connectivity index (χ0n) is 15.6. The Morgan fingerprint density at radius 2 is 2.07 bits per heavy atom. The predicted molar refractivity (Wildman–Crippen MR) is 106 cm³/mol. The standard InChI is InChI=1S/C16H27N5O4.2ClH/c1-3-18-15(22)16(23,13(17)9-12-7-5-4-6-8-12)20-10-14(21(24)25)19-11(20)2;;/h10,12-13,23H,3-9,17H2,1-2H3,(H,18,22);2*1H. The number of imidazole rings is 1. The van der Waals surface area contributed by atoms with Gasteiger partial charge in [0, 0.05) is 13.5 Å². The molecular weight excluding hydrogens is 397 g/mol. The maximum atomic E-state index is 12.6. The van der Waals surface area contributed by atoms with Crippen LogP contribution in [0, 0.1) is 23.0 Å². The molecule has 1 saturated carbocycles. The van der Waals surface area contributed by atoms with E-state index in [-0.39, 0.29) is 30.6 Å². The summed E-state index contributed by atoms with van der Waals surface area (Å²) in [6.45, 7) is 3.55. The van der Waals surface area contributed by atoms with Gasteiger partial charge >= 0.3 is 5.82 Å². The molecule has 27 heavy (non-hydrogen) atoms. The van der Waals surface area contributed by atoms with Crippen molar-refractivity contribution >= 4 is 36.5 Å². The predicted octanol–water partition coefficient (Wildman–Crippen LogP) is 2.02. The average molecular weight is 426 g/mol. The van der Waals surface area contributed by atoms with Gasteiger partial charge in [-0.2, -0.15) is 0 Å². The van der Waals surface area contributed by atoms with Crippen molar-refractivity contribution in [3.63, 3.8) is 0 Å². The van der Waals surface area contributed by atoms with Gasteiger partial charge in [0.05, 0.1) is 6.04 Å². The summed E-state index contributed by atoms with van der Waals surface area (Å²) in [6, 6.07) is -0.894. The van der Waals surface area contributed by atoms with Gasteiger partial charge in [0.15, 0.2) is 0 Å². The Kier molecular flexibility index (Phi) is 10.2. The van der Waals surface area contributed by atoms with Crippen LogP contribution in [0.15, 0.2) is 6.20 Å². The number of aliphatic hydroxyl groups is 1. The number of amides is 1. The Bertz CT molecular complexity index is 636. The number of aryl methyl sites for hydroxylation is 1. The smallest absolute Gasteiger partial charge is 0.361 e. The summed E-state index contributed by atoms with van der Waals surface area (Å²) in [5, 5.41) is 24.8. The second-order valence-electron chi connectivity index (χ2n) is 6.71. The summed E-state index contributed by atoms with van der Waals surface area (Å²) in [7, 11) is 0. The lowest BCUT2D eigenvalue weighted by Gasteiger charge is -2.36. The Morgan fingerprint density at radius 1 is 1.48 bits per heavy atom. The Morgan fingerprint density at radius 3 is 2.56 bits per heavy atom. The minimum atomic E-state index is -2.11. The SMILES string of the molecule is CCNC(=O)C(O)(C(N)CC1CCCCC1)n1cc([N+](=O)[O-])nc1C.Cl.Cl. The molecule has 1 amide bonds. The number of hydrogen-bond donors (Lipinski definition) is 3. The average Bonchev–Trinajstić information content (AvgIpc) is 2.97. The normalized spacial score (nSPS) is 17.8. The molecule has 2 rings (SSSR count). The number of hydrogen-bond acceptors (Lipinski definition) is 6. The zero-order chi connectivity index (χ0) is 18.6. The van der Waals surface area contributed by atoms with Crippen molar-refractivity contribution in [2.24, 2.45) is 11.7 Å². The Balaban J connectivity index is 0.00000338. The van der Waals surface area contributed by atoms with Gasteiger partial charge in [0.1, 0.15) is 6.20 Å². The molecule has 0 radical (unpaired) electrons. The van der Waals surface area contributed by atoms with Gasteiger partial charge < -0.3 is 26.3 Å². The van der Waals surface area contributed by atoms with Crippen molar-refractivity contribution in [1.29, 1.82) is 0 Å². The third kappa shape index (κ3) is 5.54.